The van der Waals surface area contributed by atoms with Crippen molar-refractivity contribution in [3.05, 3.63) is 36.0 Å². The highest BCUT2D eigenvalue weighted by atomic mass is 16.7. The highest BCUT2D eigenvalue weighted by Crippen LogP contribution is 2.22. The Morgan fingerprint density at radius 1 is 0.698 bits per heavy atom. The van der Waals surface area contributed by atoms with E-state index < -0.39 is 61.5 Å². The van der Waals surface area contributed by atoms with Crippen LogP contribution < -0.4 is 5.32 Å². The summed E-state index contributed by atoms with van der Waals surface area (Å²) in [6, 6.07) is -1.02. The van der Waals surface area contributed by atoms with E-state index in [9.17, 15) is 35.4 Å². The molecule has 10 heteroatoms. The highest BCUT2D eigenvalue weighted by Gasteiger charge is 2.44. The quantitative estimate of drug-likeness (QED) is 0.0274. The Labute approximate surface area is 322 Å². The molecule has 1 fully saturated rings. The van der Waals surface area contributed by atoms with Crippen LogP contribution in [0.1, 0.15) is 168 Å². The first-order chi connectivity index (χ1) is 25.7. The van der Waals surface area contributed by atoms with Gasteiger partial charge in [0.15, 0.2) is 12.4 Å². The molecule has 8 unspecified atom stereocenters. The van der Waals surface area contributed by atoms with Gasteiger partial charge >= 0.3 is 0 Å². The molecule has 1 saturated heterocycles. The molecular weight excluding hydrogens is 674 g/mol. The molecule has 8 atom stereocenters. The van der Waals surface area contributed by atoms with Gasteiger partial charge in [-0.25, -0.2) is 0 Å². The molecule has 0 bridgehead atoms. The first-order valence-electron chi connectivity index (χ1n) is 21.2. The van der Waals surface area contributed by atoms with Gasteiger partial charge in [0.2, 0.25) is 0 Å². The summed E-state index contributed by atoms with van der Waals surface area (Å²) in [5.74, 6) is -0.711. The molecular formula is C43H79NO9. The maximum absolute atomic E-state index is 13.0. The first-order valence-corrected chi connectivity index (χ1v) is 21.2. The van der Waals surface area contributed by atoms with Gasteiger partial charge in [0.1, 0.15) is 24.4 Å². The fourth-order valence-electron chi connectivity index (χ4n) is 6.55. The molecule has 1 amide bonds. The Bertz CT molecular complexity index is 971. The third kappa shape index (κ3) is 23.8. The van der Waals surface area contributed by atoms with Crippen molar-refractivity contribution < 1.29 is 44.9 Å². The van der Waals surface area contributed by atoms with Gasteiger partial charge in [-0.1, -0.05) is 153 Å². The van der Waals surface area contributed by atoms with E-state index in [1.807, 2.05) is 6.08 Å². The zero-order chi connectivity index (χ0) is 39.1. The lowest BCUT2D eigenvalue weighted by molar-refractivity contribution is -0.302. The summed E-state index contributed by atoms with van der Waals surface area (Å²) in [5, 5.41) is 64.4. The van der Waals surface area contributed by atoms with Gasteiger partial charge in [-0.3, -0.25) is 4.79 Å². The van der Waals surface area contributed by atoms with Gasteiger partial charge in [-0.2, -0.15) is 0 Å². The van der Waals surface area contributed by atoms with Gasteiger partial charge in [-0.15, -0.1) is 0 Å². The summed E-state index contributed by atoms with van der Waals surface area (Å²) in [6.45, 7) is 5.70. The Morgan fingerprint density at radius 3 is 1.81 bits per heavy atom. The van der Waals surface area contributed by atoms with E-state index in [0.717, 1.165) is 44.9 Å². The lowest BCUT2D eigenvalue weighted by Gasteiger charge is -2.40. The number of hydrogen-bond donors (Lipinski definition) is 7. The molecule has 1 aliphatic rings. The Kier molecular flexibility index (Phi) is 30.4. The summed E-state index contributed by atoms with van der Waals surface area (Å²) in [4.78, 5) is 13.0. The maximum Gasteiger partial charge on any atom is 0.253 e. The van der Waals surface area contributed by atoms with Crippen molar-refractivity contribution in [3.63, 3.8) is 0 Å². The van der Waals surface area contributed by atoms with Crippen LogP contribution >= 0.6 is 0 Å². The molecule has 1 rings (SSSR count). The van der Waals surface area contributed by atoms with Crippen LogP contribution in [0.3, 0.4) is 0 Å². The third-order valence-electron chi connectivity index (χ3n) is 10.2. The van der Waals surface area contributed by atoms with Gasteiger partial charge < -0.3 is 45.4 Å². The largest absolute Gasteiger partial charge is 0.394 e. The van der Waals surface area contributed by atoms with Crippen LogP contribution in [0.2, 0.25) is 0 Å². The second-order valence-electron chi connectivity index (χ2n) is 15.1. The van der Waals surface area contributed by atoms with E-state index in [0.29, 0.717) is 0 Å². The zero-order valence-electron chi connectivity index (χ0n) is 33.6. The molecule has 53 heavy (non-hydrogen) atoms. The van der Waals surface area contributed by atoms with Gasteiger partial charge in [-0.05, 0) is 51.9 Å². The molecule has 0 aromatic carbocycles. The van der Waals surface area contributed by atoms with E-state index in [-0.39, 0.29) is 6.61 Å². The molecule has 0 aromatic heterocycles. The Morgan fingerprint density at radius 2 is 1.23 bits per heavy atom. The Hall–Kier alpha value is -1.63. The fourth-order valence-corrected chi connectivity index (χ4v) is 6.55. The third-order valence-corrected chi connectivity index (χ3v) is 10.2. The van der Waals surface area contributed by atoms with Crippen molar-refractivity contribution in [2.75, 3.05) is 13.2 Å². The molecule has 1 aliphatic heterocycles. The second-order valence-corrected chi connectivity index (χ2v) is 15.1. The first kappa shape index (κ1) is 49.4. The SMILES string of the molecule is CCCCCCCCCCCCCCC=CC(O)C(=O)NC(COC1OC(CO)C(O)C(O)C1O)C(O)C=CCCCC=C(C)CCCCCCCC. The van der Waals surface area contributed by atoms with Crippen molar-refractivity contribution in [1.82, 2.24) is 5.32 Å². The van der Waals surface area contributed by atoms with Crippen molar-refractivity contribution in [1.29, 1.82) is 0 Å². The number of aliphatic hydroxyl groups excluding tert-OH is 6. The molecule has 7 N–H and O–H groups in total. The van der Waals surface area contributed by atoms with Gasteiger partial charge in [0.05, 0.1) is 25.4 Å². The smallest absolute Gasteiger partial charge is 0.253 e. The molecule has 0 aliphatic carbocycles. The summed E-state index contributed by atoms with van der Waals surface area (Å²) in [6.07, 6.45) is 26.2. The summed E-state index contributed by atoms with van der Waals surface area (Å²) in [7, 11) is 0. The fraction of sp³-hybridized carbons (Fsp3) is 0.837. The van der Waals surface area contributed by atoms with Gasteiger partial charge in [0, 0.05) is 0 Å². The molecule has 0 aromatic rings. The highest BCUT2D eigenvalue weighted by molar-refractivity contribution is 5.82. The maximum atomic E-state index is 13.0. The predicted molar refractivity (Wildman–Crippen MR) is 213 cm³/mol. The van der Waals surface area contributed by atoms with E-state index in [1.54, 1.807) is 12.2 Å². The lowest BCUT2D eigenvalue weighted by atomic mass is 9.99. The second kappa shape index (κ2) is 32.6. The van der Waals surface area contributed by atoms with Crippen LogP contribution in [0.4, 0.5) is 0 Å². The number of nitrogens with one attached hydrogen (secondary N) is 1. The van der Waals surface area contributed by atoms with Crippen molar-refractivity contribution >= 4 is 5.91 Å². The van der Waals surface area contributed by atoms with Crippen LogP contribution in [-0.2, 0) is 14.3 Å². The predicted octanol–water partition coefficient (Wildman–Crippen LogP) is 7.08. The van der Waals surface area contributed by atoms with E-state index in [2.05, 4.69) is 32.2 Å². The molecule has 0 saturated carbocycles. The average Bonchev–Trinajstić information content (AvgIpc) is 3.15. The number of carbonyl (C=O) groups is 1. The molecule has 1 heterocycles. The van der Waals surface area contributed by atoms with Crippen molar-refractivity contribution in [3.8, 4) is 0 Å². The minimum atomic E-state index is -1.62. The molecule has 10 nitrogen and oxygen atoms in total. The standard InChI is InChI=1S/C43H79NO9/c1-4-6-8-10-12-13-14-15-16-17-18-19-21-27-31-37(47)42(51)44-35(33-52-43-41(50)40(49)39(48)38(32-45)53-43)36(46)30-26-23-22-25-29-34(3)28-24-20-11-9-7-5-2/h26-27,29-31,35-41,43,45-50H,4-25,28,32-33H2,1-3H3,(H,44,51). The Balaban J connectivity index is 2.58. The van der Waals surface area contributed by atoms with Crippen LogP contribution in [0, 0.1) is 0 Å². The number of unbranched alkanes of at least 4 members (excludes halogenated alkanes) is 19. The minimum absolute atomic E-state index is 0.338. The molecule has 310 valence electrons. The van der Waals surface area contributed by atoms with E-state index in [4.69, 9.17) is 9.47 Å². The number of ether oxygens (including phenoxy) is 2. The number of carbonyl (C=O) groups excluding carboxylic acids is 1. The van der Waals surface area contributed by atoms with Crippen LogP contribution in [0.25, 0.3) is 0 Å². The number of rotatable bonds is 33. The zero-order valence-corrected chi connectivity index (χ0v) is 33.6. The molecule has 0 radical (unpaired) electrons. The topological polar surface area (TPSA) is 169 Å². The number of hydrogen-bond acceptors (Lipinski definition) is 9. The summed E-state index contributed by atoms with van der Waals surface area (Å²) in [5.41, 5.74) is 1.40. The number of aliphatic hydroxyl groups is 6. The summed E-state index contributed by atoms with van der Waals surface area (Å²) < 4.78 is 11.1. The lowest BCUT2D eigenvalue weighted by Crippen LogP contribution is -2.60. The van der Waals surface area contributed by atoms with Gasteiger partial charge in [0.25, 0.3) is 5.91 Å². The normalized spacial score (nSPS) is 22.8. The molecule has 0 spiro atoms. The van der Waals surface area contributed by atoms with Crippen LogP contribution in [0.5, 0.6) is 0 Å². The monoisotopic (exact) mass is 754 g/mol. The summed E-state index contributed by atoms with van der Waals surface area (Å²) >= 11 is 0. The average molecular weight is 754 g/mol. The van der Waals surface area contributed by atoms with E-state index >= 15 is 0 Å². The number of amides is 1. The van der Waals surface area contributed by atoms with Crippen molar-refractivity contribution in [2.45, 2.75) is 217 Å². The number of allylic oxidation sites excluding steroid dienone is 4. The van der Waals surface area contributed by atoms with E-state index in [1.165, 1.54) is 114 Å². The van der Waals surface area contributed by atoms with Crippen LogP contribution in [0.15, 0.2) is 36.0 Å². The minimum Gasteiger partial charge on any atom is -0.394 e. The van der Waals surface area contributed by atoms with Crippen LogP contribution in [-0.4, -0.2) is 98.7 Å². The van der Waals surface area contributed by atoms with Crippen molar-refractivity contribution in [2.24, 2.45) is 0 Å².